The lowest BCUT2D eigenvalue weighted by molar-refractivity contribution is 0.251. The molecule has 2 amide bonds. The first-order valence-electron chi connectivity index (χ1n) is 7.64. The van der Waals surface area contributed by atoms with Crippen molar-refractivity contribution in [3.05, 3.63) is 48.3 Å². The smallest absolute Gasteiger partial charge is 0.321 e. The van der Waals surface area contributed by atoms with Crippen LogP contribution < -0.4 is 15.4 Å². The lowest BCUT2D eigenvalue weighted by Gasteiger charge is -2.02. The van der Waals surface area contributed by atoms with Crippen LogP contribution in [0.4, 0.5) is 9.93 Å². The van der Waals surface area contributed by atoms with Crippen LogP contribution in [0, 0.1) is 0 Å². The Hall–Kier alpha value is -3.13. The number of carbonyl (C=O) groups is 1. The molecule has 2 heterocycles. The Morgan fingerprint density at radius 3 is 2.92 bits per heavy atom. The molecular formula is C17H15N5O2S. The van der Waals surface area contributed by atoms with E-state index >= 15 is 0 Å². The number of rotatable bonds is 4. The number of methoxy groups -OCH3 is 1. The van der Waals surface area contributed by atoms with Gasteiger partial charge in [0, 0.05) is 6.07 Å². The molecule has 0 bridgehead atoms. The first kappa shape index (κ1) is 15.4. The van der Waals surface area contributed by atoms with Gasteiger partial charge in [-0.3, -0.25) is 5.32 Å². The zero-order chi connectivity index (χ0) is 17.2. The summed E-state index contributed by atoms with van der Waals surface area (Å²) in [5.74, 6) is 1.43. The average molecular weight is 353 g/mol. The van der Waals surface area contributed by atoms with Crippen LogP contribution in [-0.2, 0) is 6.54 Å². The van der Waals surface area contributed by atoms with Gasteiger partial charge in [-0.15, -0.1) is 0 Å². The highest BCUT2D eigenvalue weighted by Gasteiger charge is 2.09. The zero-order valence-electron chi connectivity index (χ0n) is 13.4. The number of ether oxygens (including phenoxy) is 1. The normalized spacial score (nSPS) is 10.9. The second kappa shape index (κ2) is 6.40. The first-order chi connectivity index (χ1) is 12.2. The van der Waals surface area contributed by atoms with Crippen molar-refractivity contribution in [3.8, 4) is 5.75 Å². The highest BCUT2D eigenvalue weighted by atomic mass is 32.1. The van der Waals surface area contributed by atoms with Crippen LogP contribution in [0.1, 0.15) is 5.82 Å². The van der Waals surface area contributed by atoms with Crippen molar-refractivity contribution in [2.75, 3.05) is 12.4 Å². The topological polar surface area (TPSA) is 91.9 Å². The van der Waals surface area contributed by atoms with Gasteiger partial charge in [-0.05, 0) is 24.3 Å². The molecule has 0 unspecified atom stereocenters. The molecule has 0 saturated heterocycles. The van der Waals surface area contributed by atoms with Gasteiger partial charge in [0.1, 0.15) is 11.6 Å². The van der Waals surface area contributed by atoms with Crippen LogP contribution in [0.2, 0.25) is 0 Å². The number of thiazole rings is 1. The van der Waals surface area contributed by atoms with E-state index in [0.29, 0.717) is 17.5 Å². The largest absolute Gasteiger partial charge is 0.497 e. The van der Waals surface area contributed by atoms with E-state index in [0.717, 1.165) is 27.0 Å². The third-order valence-corrected chi connectivity index (χ3v) is 4.62. The number of aromatic nitrogens is 3. The fourth-order valence-corrected chi connectivity index (χ4v) is 3.32. The Kier molecular flexibility index (Phi) is 3.95. The van der Waals surface area contributed by atoms with Crippen LogP contribution in [-0.4, -0.2) is 28.1 Å². The molecule has 0 radical (unpaired) electrons. The Morgan fingerprint density at radius 2 is 2.08 bits per heavy atom. The number of urea groups is 1. The number of carbonyl (C=O) groups excluding carboxylic acids is 1. The molecule has 0 aliphatic heterocycles. The number of hydrogen-bond acceptors (Lipinski definition) is 5. The van der Waals surface area contributed by atoms with Crippen molar-refractivity contribution in [2.45, 2.75) is 6.54 Å². The van der Waals surface area contributed by atoms with Crippen molar-refractivity contribution < 1.29 is 9.53 Å². The van der Waals surface area contributed by atoms with Crippen molar-refractivity contribution >= 4 is 43.7 Å². The predicted octanol–water partition coefficient (Wildman–Crippen LogP) is 3.50. The first-order valence-corrected chi connectivity index (χ1v) is 8.46. The van der Waals surface area contributed by atoms with Gasteiger partial charge in [-0.1, -0.05) is 23.5 Å². The Balaban J connectivity index is 1.41. The minimum Gasteiger partial charge on any atom is -0.497 e. The Labute approximate surface area is 147 Å². The molecule has 4 aromatic rings. The fourth-order valence-electron chi connectivity index (χ4n) is 2.48. The summed E-state index contributed by atoms with van der Waals surface area (Å²) in [5, 5.41) is 6.05. The van der Waals surface area contributed by atoms with Gasteiger partial charge in [0.15, 0.2) is 5.13 Å². The molecular weight excluding hydrogens is 338 g/mol. The highest BCUT2D eigenvalue weighted by molar-refractivity contribution is 7.22. The van der Waals surface area contributed by atoms with Crippen LogP contribution in [0.15, 0.2) is 42.5 Å². The minimum absolute atomic E-state index is 0.305. The second-order valence-corrected chi connectivity index (χ2v) is 6.39. The molecule has 25 heavy (non-hydrogen) atoms. The summed E-state index contributed by atoms with van der Waals surface area (Å²) in [6.07, 6.45) is 0. The van der Waals surface area contributed by atoms with Crippen molar-refractivity contribution in [1.29, 1.82) is 0 Å². The number of anilines is 1. The molecule has 0 fully saturated rings. The standard InChI is InChI=1S/C17H15N5O2S/c1-24-10-6-7-14-13(8-10)21-17(25-14)22-16(23)18-9-15-19-11-4-2-3-5-12(11)20-15/h2-8H,9H2,1H3,(H,19,20)(H2,18,21,22,23). The van der Waals surface area contributed by atoms with Gasteiger partial charge in [0.05, 0.1) is 34.9 Å². The molecule has 2 aromatic carbocycles. The third kappa shape index (κ3) is 3.24. The number of hydrogen-bond donors (Lipinski definition) is 3. The van der Waals surface area contributed by atoms with Gasteiger partial charge in [0.25, 0.3) is 0 Å². The Morgan fingerprint density at radius 1 is 1.20 bits per heavy atom. The molecule has 126 valence electrons. The number of para-hydroxylation sites is 2. The summed E-state index contributed by atoms with van der Waals surface area (Å²) < 4.78 is 6.16. The summed E-state index contributed by atoms with van der Waals surface area (Å²) >= 11 is 1.41. The molecule has 0 atom stereocenters. The van der Waals surface area contributed by atoms with E-state index in [1.807, 2.05) is 42.5 Å². The van der Waals surface area contributed by atoms with Crippen molar-refractivity contribution in [3.63, 3.8) is 0 Å². The molecule has 0 aliphatic rings. The quantitative estimate of drug-likeness (QED) is 0.523. The minimum atomic E-state index is -0.327. The molecule has 4 rings (SSSR count). The van der Waals surface area contributed by atoms with Gasteiger partial charge in [-0.25, -0.2) is 14.8 Å². The molecule has 8 heteroatoms. The number of imidazole rings is 1. The predicted molar refractivity (Wildman–Crippen MR) is 98.1 cm³/mol. The number of fused-ring (bicyclic) bond motifs is 2. The SMILES string of the molecule is COc1ccc2sc(NC(=O)NCc3nc4ccccc4[nH]3)nc2c1. The van der Waals surface area contributed by atoms with E-state index in [9.17, 15) is 4.79 Å². The summed E-state index contributed by atoms with van der Waals surface area (Å²) in [6, 6.07) is 13.0. The van der Waals surface area contributed by atoms with E-state index in [2.05, 4.69) is 25.6 Å². The van der Waals surface area contributed by atoms with Crippen LogP contribution in [0.25, 0.3) is 21.3 Å². The monoisotopic (exact) mass is 353 g/mol. The molecule has 0 spiro atoms. The number of aromatic amines is 1. The number of nitrogens with one attached hydrogen (secondary N) is 3. The fraction of sp³-hybridized carbons (Fsp3) is 0.118. The maximum atomic E-state index is 12.1. The number of benzene rings is 2. The van der Waals surface area contributed by atoms with Gasteiger partial charge < -0.3 is 15.0 Å². The Bertz CT molecular complexity index is 1020. The third-order valence-electron chi connectivity index (χ3n) is 3.67. The van der Waals surface area contributed by atoms with E-state index in [1.165, 1.54) is 11.3 Å². The average Bonchev–Trinajstić information content (AvgIpc) is 3.21. The van der Waals surface area contributed by atoms with Crippen LogP contribution >= 0.6 is 11.3 Å². The maximum Gasteiger partial charge on any atom is 0.321 e. The maximum absolute atomic E-state index is 12.1. The highest BCUT2D eigenvalue weighted by Crippen LogP contribution is 2.28. The molecule has 3 N–H and O–H groups in total. The molecule has 0 aliphatic carbocycles. The van der Waals surface area contributed by atoms with Gasteiger partial charge in [-0.2, -0.15) is 0 Å². The summed E-state index contributed by atoms with van der Waals surface area (Å²) in [6.45, 7) is 0.305. The van der Waals surface area contributed by atoms with E-state index in [4.69, 9.17) is 4.74 Å². The summed E-state index contributed by atoms with van der Waals surface area (Å²) in [7, 11) is 1.61. The zero-order valence-corrected chi connectivity index (χ0v) is 14.2. The molecule has 0 saturated carbocycles. The van der Waals surface area contributed by atoms with Gasteiger partial charge >= 0.3 is 6.03 Å². The van der Waals surface area contributed by atoms with Crippen molar-refractivity contribution in [1.82, 2.24) is 20.3 Å². The van der Waals surface area contributed by atoms with Gasteiger partial charge in [0.2, 0.25) is 0 Å². The number of H-pyrrole nitrogens is 1. The number of nitrogens with zero attached hydrogens (tertiary/aromatic N) is 2. The van der Waals surface area contributed by atoms with Crippen LogP contribution in [0.3, 0.4) is 0 Å². The number of amides is 2. The second-order valence-electron chi connectivity index (χ2n) is 5.36. The van der Waals surface area contributed by atoms with E-state index in [1.54, 1.807) is 7.11 Å². The summed E-state index contributed by atoms with van der Waals surface area (Å²) in [4.78, 5) is 24.1. The lowest BCUT2D eigenvalue weighted by atomic mass is 10.3. The van der Waals surface area contributed by atoms with E-state index < -0.39 is 0 Å². The van der Waals surface area contributed by atoms with Crippen molar-refractivity contribution in [2.24, 2.45) is 0 Å². The summed E-state index contributed by atoms with van der Waals surface area (Å²) in [5.41, 5.74) is 2.61. The lowest BCUT2D eigenvalue weighted by Crippen LogP contribution is -2.28. The molecule has 7 nitrogen and oxygen atoms in total. The van der Waals surface area contributed by atoms with Crippen LogP contribution in [0.5, 0.6) is 5.75 Å². The molecule has 2 aromatic heterocycles. The van der Waals surface area contributed by atoms with E-state index in [-0.39, 0.29) is 6.03 Å².